The zero-order valence-corrected chi connectivity index (χ0v) is 24.3. The Morgan fingerprint density at radius 3 is 1.66 bits per heavy atom. The van der Waals surface area contributed by atoms with Crippen molar-refractivity contribution in [3.05, 3.63) is 84.2 Å². The van der Waals surface area contributed by atoms with Crippen LogP contribution in [-0.2, 0) is 9.47 Å². The molecule has 0 saturated carbocycles. The van der Waals surface area contributed by atoms with Gasteiger partial charge in [-0.25, -0.2) is 19.0 Å². The van der Waals surface area contributed by atoms with Crippen molar-refractivity contribution in [1.82, 2.24) is 19.6 Å². The van der Waals surface area contributed by atoms with Crippen LogP contribution in [0.4, 0.5) is 11.6 Å². The maximum Gasteiger partial charge on any atom is 0.343 e. The molecule has 0 aliphatic carbocycles. The van der Waals surface area contributed by atoms with Gasteiger partial charge in [-0.3, -0.25) is 0 Å². The lowest BCUT2D eigenvalue weighted by Crippen LogP contribution is -2.14. The number of carbonyl (C=O) groups is 2. The Kier molecular flexibility index (Phi) is 12.3. The summed E-state index contributed by atoms with van der Waals surface area (Å²) in [6.45, 7) is 4.20. The van der Waals surface area contributed by atoms with E-state index in [0.717, 1.165) is 11.4 Å². The van der Waals surface area contributed by atoms with Gasteiger partial charge < -0.3 is 20.1 Å². The fraction of sp³-hybridized carbons (Fsp3) is 0.259. The zero-order chi connectivity index (χ0) is 28.1. The molecule has 38 heavy (non-hydrogen) atoms. The van der Waals surface area contributed by atoms with Gasteiger partial charge in [-0.2, -0.15) is 0 Å². The van der Waals surface area contributed by atoms with Crippen molar-refractivity contribution in [3.63, 3.8) is 0 Å². The number of ether oxygens (including phenoxy) is 2. The lowest BCUT2D eigenvalue weighted by Gasteiger charge is -2.10. The zero-order valence-electron chi connectivity index (χ0n) is 22.2. The van der Waals surface area contributed by atoms with Gasteiger partial charge in [0.25, 0.3) is 0 Å². The molecule has 0 saturated heterocycles. The quantitative estimate of drug-likeness (QED) is 0.176. The molecule has 4 aromatic rings. The molecule has 0 amide bonds. The SMILES string of the molecule is CCOC(=O)c1cn(-c2ccccc2)nc1N.CCOC(=O)c1cn(-c2ccccc2)nc1N(C)C.CI. The molecular weight excluding hydrogens is 599 g/mol. The number of aromatic nitrogens is 4. The van der Waals surface area contributed by atoms with E-state index < -0.39 is 5.97 Å². The molecule has 0 fully saturated rings. The number of hydrogen-bond acceptors (Lipinski definition) is 8. The summed E-state index contributed by atoms with van der Waals surface area (Å²) in [5.41, 5.74) is 8.18. The summed E-state index contributed by atoms with van der Waals surface area (Å²) in [4.78, 5) is 27.2. The molecule has 0 spiro atoms. The minimum atomic E-state index is -0.452. The average molecular weight is 633 g/mol. The van der Waals surface area contributed by atoms with Gasteiger partial charge in [0, 0.05) is 26.5 Å². The number of para-hydroxylation sites is 2. The topological polar surface area (TPSA) is 118 Å². The Labute approximate surface area is 236 Å². The van der Waals surface area contributed by atoms with E-state index in [2.05, 4.69) is 32.8 Å². The lowest BCUT2D eigenvalue weighted by molar-refractivity contribution is 0.0517. The van der Waals surface area contributed by atoms with E-state index in [-0.39, 0.29) is 17.4 Å². The molecule has 11 heteroatoms. The third kappa shape index (κ3) is 8.07. The van der Waals surface area contributed by atoms with Gasteiger partial charge in [0.15, 0.2) is 11.6 Å². The summed E-state index contributed by atoms with van der Waals surface area (Å²) in [6.07, 6.45) is 3.27. The number of nitrogens with two attached hydrogens (primary N) is 1. The number of rotatable bonds is 7. The van der Waals surface area contributed by atoms with E-state index in [9.17, 15) is 9.59 Å². The molecule has 2 heterocycles. The third-order valence-corrected chi connectivity index (χ3v) is 4.89. The number of alkyl halides is 1. The lowest BCUT2D eigenvalue weighted by atomic mass is 10.3. The largest absolute Gasteiger partial charge is 0.462 e. The first-order chi connectivity index (χ1) is 18.3. The molecule has 202 valence electrons. The minimum Gasteiger partial charge on any atom is -0.462 e. The van der Waals surface area contributed by atoms with E-state index in [4.69, 9.17) is 15.2 Å². The van der Waals surface area contributed by atoms with Crippen molar-refractivity contribution in [2.45, 2.75) is 13.8 Å². The van der Waals surface area contributed by atoms with Crippen LogP contribution in [0.1, 0.15) is 34.6 Å². The van der Waals surface area contributed by atoms with Gasteiger partial charge in [0.1, 0.15) is 11.1 Å². The number of carbonyl (C=O) groups excluding carboxylic acids is 2. The van der Waals surface area contributed by atoms with Crippen molar-refractivity contribution >= 4 is 46.2 Å². The molecule has 0 bridgehead atoms. The summed E-state index contributed by atoms with van der Waals surface area (Å²) in [5.74, 6) is -0.0323. The Balaban J connectivity index is 0.000000252. The summed E-state index contributed by atoms with van der Waals surface area (Å²) in [6, 6.07) is 19.1. The number of hydrogen-bond donors (Lipinski definition) is 1. The highest BCUT2D eigenvalue weighted by Gasteiger charge is 2.19. The molecular formula is C27H33IN6O4. The van der Waals surface area contributed by atoms with Gasteiger partial charge in [-0.15, -0.1) is 10.2 Å². The van der Waals surface area contributed by atoms with Gasteiger partial charge >= 0.3 is 11.9 Å². The summed E-state index contributed by atoms with van der Waals surface area (Å²) in [7, 11) is 3.70. The Morgan fingerprint density at radius 2 is 1.21 bits per heavy atom. The monoisotopic (exact) mass is 632 g/mol. The number of benzene rings is 2. The van der Waals surface area contributed by atoms with Crippen LogP contribution in [0.3, 0.4) is 0 Å². The second-order valence-corrected chi connectivity index (χ2v) is 7.69. The normalized spacial score (nSPS) is 9.84. The van der Waals surface area contributed by atoms with Crippen LogP contribution in [0.15, 0.2) is 73.1 Å². The summed E-state index contributed by atoms with van der Waals surface area (Å²) >= 11 is 2.15. The van der Waals surface area contributed by atoms with E-state index >= 15 is 0 Å². The molecule has 0 aliphatic heterocycles. The minimum absolute atomic E-state index is 0.173. The number of halogens is 1. The van der Waals surface area contributed by atoms with Crippen molar-refractivity contribution in [2.75, 3.05) is 42.9 Å². The summed E-state index contributed by atoms with van der Waals surface area (Å²) in [5, 5.41) is 8.50. The predicted octanol–water partition coefficient (Wildman–Crippen LogP) is 4.80. The maximum absolute atomic E-state index is 11.9. The van der Waals surface area contributed by atoms with Gasteiger partial charge in [0.2, 0.25) is 0 Å². The Bertz CT molecular complexity index is 1290. The van der Waals surface area contributed by atoms with Crippen LogP contribution in [0.2, 0.25) is 0 Å². The van der Waals surface area contributed by atoms with Crippen LogP contribution >= 0.6 is 22.6 Å². The maximum atomic E-state index is 11.9. The number of esters is 2. The van der Waals surface area contributed by atoms with Crippen LogP contribution < -0.4 is 10.6 Å². The number of nitrogen functional groups attached to an aromatic ring is 1. The molecule has 4 rings (SSSR count). The molecule has 0 unspecified atom stereocenters. The first-order valence-corrected chi connectivity index (χ1v) is 14.0. The molecule has 10 nitrogen and oxygen atoms in total. The fourth-order valence-corrected chi connectivity index (χ4v) is 3.23. The highest BCUT2D eigenvalue weighted by molar-refractivity contribution is 14.1. The second kappa shape index (κ2) is 15.4. The van der Waals surface area contributed by atoms with Gasteiger partial charge in [-0.05, 0) is 43.0 Å². The van der Waals surface area contributed by atoms with E-state index in [1.807, 2.05) is 79.7 Å². The number of anilines is 2. The average Bonchev–Trinajstić information content (AvgIpc) is 3.56. The molecule has 2 N–H and O–H groups in total. The van der Waals surface area contributed by atoms with Crippen LogP contribution in [0, 0.1) is 0 Å². The summed E-state index contributed by atoms with van der Waals surface area (Å²) < 4.78 is 13.2. The van der Waals surface area contributed by atoms with Crippen LogP contribution in [-0.4, -0.2) is 63.7 Å². The van der Waals surface area contributed by atoms with Gasteiger partial charge in [0.05, 0.1) is 24.6 Å². The number of nitrogens with zero attached hydrogens (tertiary/aromatic N) is 5. The smallest absolute Gasteiger partial charge is 0.343 e. The van der Waals surface area contributed by atoms with Gasteiger partial charge in [-0.1, -0.05) is 59.0 Å². The highest BCUT2D eigenvalue weighted by Crippen LogP contribution is 2.20. The molecule has 2 aromatic heterocycles. The molecule has 0 aliphatic rings. The van der Waals surface area contributed by atoms with E-state index in [1.165, 1.54) is 0 Å². The van der Waals surface area contributed by atoms with Crippen LogP contribution in [0.25, 0.3) is 11.4 Å². The Hall–Kier alpha value is -3.87. The molecule has 0 atom stereocenters. The first-order valence-electron chi connectivity index (χ1n) is 11.8. The first kappa shape index (κ1) is 30.4. The third-order valence-electron chi connectivity index (χ3n) is 4.89. The van der Waals surface area contributed by atoms with E-state index in [1.54, 1.807) is 40.5 Å². The van der Waals surface area contributed by atoms with Crippen molar-refractivity contribution < 1.29 is 19.1 Å². The standard InChI is InChI=1S/C14H17N3O2.C12H13N3O2.CH3I/c1-4-19-14(18)12-10-17(15-13(12)16(2)3)11-8-6-5-7-9-11;1-2-17-12(16)10-8-15(14-11(10)13)9-6-4-3-5-7-9;1-2/h5-10H,4H2,1-3H3;3-8H,2H2,1H3,(H2,13,14);1H3. The fourth-order valence-electron chi connectivity index (χ4n) is 3.23. The highest BCUT2D eigenvalue weighted by atomic mass is 127. The second-order valence-electron chi connectivity index (χ2n) is 7.69. The van der Waals surface area contributed by atoms with Crippen LogP contribution in [0.5, 0.6) is 0 Å². The van der Waals surface area contributed by atoms with Crippen molar-refractivity contribution in [3.8, 4) is 11.4 Å². The van der Waals surface area contributed by atoms with Crippen molar-refractivity contribution in [2.24, 2.45) is 0 Å². The predicted molar refractivity (Wildman–Crippen MR) is 158 cm³/mol. The Morgan fingerprint density at radius 1 is 0.789 bits per heavy atom. The van der Waals surface area contributed by atoms with Crippen molar-refractivity contribution in [1.29, 1.82) is 0 Å². The molecule has 2 aromatic carbocycles. The van der Waals surface area contributed by atoms with E-state index in [0.29, 0.717) is 24.6 Å². The molecule has 0 radical (unpaired) electrons.